The number of hydrogen-bond acceptors (Lipinski definition) is 4. The van der Waals surface area contributed by atoms with Crippen LogP contribution in [0.15, 0.2) is 47.6 Å². The molecule has 0 fully saturated rings. The Kier molecular flexibility index (Phi) is 7.69. The number of thiocarbonyl (C=S) groups is 1. The molecule has 2 aromatic rings. The maximum absolute atomic E-state index is 5.89. The van der Waals surface area contributed by atoms with Gasteiger partial charge in [0.05, 0.1) is 13.3 Å². The smallest absolute Gasteiger partial charge is 0.187 e. The molecular formula is C19H22ClN3O2S. The van der Waals surface area contributed by atoms with Crippen LogP contribution in [0.3, 0.4) is 0 Å². The quantitative estimate of drug-likeness (QED) is 0.422. The van der Waals surface area contributed by atoms with Gasteiger partial charge in [-0.3, -0.25) is 5.43 Å². The van der Waals surface area contributed by atoms with Crippen LogP contribution in [0.4, 0.5) is 0 Å². The molecular weight excluding hydrogens is 370 g/mol. The molecule has 0 aliphatic heterocycles. The summed E-state index contributed by atoms with van der Waals surface area (Å²) in [5.41, 5.74) is 4.66. The van der Waals surface area contributed by atoms with E-state index in [1.54, 1.807) is 13.3 Å². The predicted molar refractivity (Wildman–Crippen MR) is 110 cm³/mol. The number of methoxy groups -OCH3 is 1. The standard InChI is InChI=1S/C19H22ClN3O2S/c1-13(2)22-19(26)23-21-11-15-6-9-17(18(10-15)24-3)25-12-14-4-7-16(20)8-5-14/h4-11,13H,12H2,1-3H3,(H2,22,23,26). The van der Waals surface area contributed by atoms with Gasteiger partial charge in [0.2, 0.25) is 0 Å². The Morgan fingerprint density at radius 3 is 2.58 bits per heavy atom. The summed E-state index contributed by atoms with van der Waals surface area (Å²) in [4.78, 5) is 0. The van der Waals surface area contributed by atoms with Crippen LogP contribution >= 0.6 is 23.8 Å². The van der Waals surface area contributed by atoms with E-state index in [1.165, 1.54) is 0 Å². The zero-order valence-electron chi connectivity index (χ0n) is 15.0. The van der Waals surface area contributed by atoms with Gasteiger partial charge in [0.15, 0.2) is 16.6 Å². The lowest BCUT2D eigenvalue weighted by atomic mass is 10.2. The monoisotopic (exact) mass is 391 g/mol. The highest BCUT2D eigenvalue weighted by Crippen LogP contribution is 2.28. The summed E-state index contributed by atoms with van der Waals surface area (Å²) >= 11 is 11.0. The van der Waals surface area contributed by atoms with Gasteiger partial charge in [-0.15, -0.1) is 0 Å². The zero-order valence-corrected chi connectivity index (χ0v) is 16.5. The minimum absolute atomic E-state index is 0.252. The summed E-state index contributed by atoms with van der Waals surface area (Å²) < 4.78 is 11.2. The summed E-state index contributed by atoms with van der Waals surface area (Å²) in [5, 5.41) is 8.34. The Morgan fingerprint density at radius 1 is 1.19 bits per heavy atom. The van der Waals surface area contributed by atoms with E-state index in [2.05, 4.69) is 15.8 Å². The number of rotatable bonds is 7. The number of hydrogen-bond donors (Lipinski definition) is 2. The third kappa shape index (κ3) is 6.54. The molecule has 0 aromatic heterocycles. The van der Waals surface area contributed by atoms with Crippen molar-refractivity contribution < 1.29 is 9.47 Å². The highest BCUT2D eigenvalue weighted by molar-refractivity contribution is 7.80. The molecule has 0 bridgehead atoms. The molecule has 7 heteroatoms. The largest absolute Gasteiger partial charge is 0.493 e. The van der Waals surface area contributed by atoms with Gasteiger partial charge in [0.1, 0.15) is 6.61 Å². The van der Waals surface area contributed by atoms with Gasteiger partial charge in [-0.1, -0.05) is 23.7 Å². The second-order valence-electron chi connectivity index (χ2n) is 5.82. The van der Waals surface area contributed by atoms with Gasteiger partial charge in [-0.05, 0) is 67.5 Å². The Labute approximate surface area is 164 Å². The van der Waals surface area contributed by atoms with Gasteiger partial charge in [-0.2, -0.15) is 5.10 Å². The molecule has 0 radical (unpaired) electrons. The van der Waals surface area contributed by atoms with Crippen molar-refractivity contribution in [1.29, 1.82) is 0 Å². The molecule has 5 nitrogen and oxygen atoms in total. The fraction of sp³-hybridized carbons (Fsp3) is 0.263. The predicted octanol–water partition coefficient (Wildman–Crippen LogP) is 4.13. The summed E-state index contributed by atoms with van der Waals surface area (Å²) in [6.07, 6.45) is 1.67. The summed E-state index contributed by atoms with van der Waals surface area (Å²) in [6, 6.07) is 13.4. The van der Waals surface area contributed by atoms with E-state index >= 15 is 0 Å². The van der Waals surface area contributed by atoms with Crippen LogP contribution in [0, 0.1) is 0 Å². The van der Waals surface area contributed by atoms with Crippen molar-refractivity contribution in [2.75, 3.05) is 7.11 Å². The molecule has 26 heavy (non-hydrogen) atoms. The third-order valence-corrected chi connectivity index (χ3v) is 3.76. The van der Waals surface area contributed by atoms with Crippen molar-refractivity contribution in [1.82, 2.24) is 10.7 Å². The van der Waals surface area contributed by atoms with Crippen molar-refractivity contribution in [2.45, 2.75) is 26.5 Å². The van der Waals surface area contributed by atoms with Crippen LogP contribution in [0.5, 0.6) is 11.5 Å². The van der Waals surface area contributed by atoms with E-state index in [1.807, 2.05) is 56.3 Å². The molecule has 0 heterocycles. The van der Waals surface area contributed by atoms with Crippen LogP contribution < -0.4 is 20.2 Å². The second kappa shape index (κ2) is 9.99. The minimum Gasteiger partial charge on any atom is -0.493 e. The first kappa shape index (κ1) is 20.0. The molecule has 0 aliphatic carbocycles. The Morgan fingerprint density at radius 2 is 1.92 bits per heavy atom. The van der Waals surface area contributed by atoms with Gasteiger partial charge >= 0.3 is 0 Å². The molecule has 0 unspecified atom stereocenters. The normalized spacial score (nSPS) is 10.8. The lowest BCUT2D eigenvalue weighted by molar-refractivity contribution is 0.284. The van der Waals surface area contributed by atoms with E-state index < -0.39 is 0 Å². The van der Waals surface area contributed by atoms with Crippen molar-refractivity contribution in [3.05, 3.63) is 58.6 Å². The summed E-state index contributed by atoms with van der Waals surface area (Å²) in [6.45, 7) is 4.44. The van der Waals surface area contributed by atoms with Crippen molar-refractivity contribution in [3.8, 4) is 11.5 Å². The average Bonchev–Trinajstić information content (AvgIpc) is 2.61. The lowest BCUT2D eigenvalue weighted by Gasteiger charge is -2.12. The molecule has 0 spiro atoms. The summed E-state index contributed by atoms with van der Waals surface area (Å²) in [7, 11) is 1.60. The number of nitrogens with one attached hydrogen (secondary N) is 2. The molecule has 0 saturated carbocycles. The van der Waals surface area contributed by atoms with Crippen molar-refractivity contribution in [2.24, 2.45) is 5.10 Å². The molecule has 0 saturated heterocycles. The minimum atomic E-state index is 0.252. The highest BCUT2D eigenvalue weighted by atomic mass is 35.5. The zero-order chi connectivity index (χ0) is 18.9. The number of hydrazone groups is 1. The maximum Gasteiger partial charge on any atom is 0.187 e. The molecule has 138 valence electrons. The number of halogens is 1. The first-order valence-corrected chi connectivity index (χ1v) is 8.91. The maximum atomic E-state index is 5.89. The Hall–Kier alpha value is -2.31. The van der Waals surface area contributed by atoms with Gasteiger partial charge in [0.25, 0.3) is 0 Å². The van der Waals surface area contributed by atoms with Crippen LogP contribution in [0.1, 0.15) is 25.0 Å². The van der Waals surface area contributed by atoms with E-state index in [-0.39, 0.29) is 6.04 Å². The number of nitrogens with zero attached hydrogens (tertiary/aromatic N) is 1. The van der Waals surface area contributed by atoms with E-state index in [9.17, 15) is 0 Å². The van der Waals surface area contributed by atoms with E-state index in [0.29, 0.717) is 28.2 Å². The molecule has 2 rings (SSSR count). The van der Waals surface area contributed by atoms with Crippen LogP contribution in [0.25, 0.3) is 0 Å². The molecule has 0 aliphatic rings. The first-order chi connectivity index (χ1) is 12.5. The summed E-state index contributed by atoms with van der Waals surface area (Å²) in [5.74, 6) is 1.29. The Bertz CT molecular complexity index is 764. The van der Waals surface area contributed by atoms with Crippen LogP contribution in [0.2, 0.25) is 5.02 Å². The second-order valence-corrected chi connectivity index (χ2v) is 6.67. The van der Waals surface area contributed by atoms with E-state index in [0.717, 1.165) is 11.1 Å². The first-order valence-electron chi connectivity index (χ1n) is 8.13. The number of benzene rings is 2. The Balaban J connectivity index is 1.97. The molecule has 0 amide bonds. The van der Waals surface area contributed by atoms with Gasteiger partial charge < -0.3 is 14.8 Å². The number of ether oxygens (including phenoxy) is 2. The lowest BCUT2D eigenvalue weighted by Crippen LogP contribution is -2.36. The fourth-order valence-corrected chi connectivity index (χ4v) is 2.50. The molecule has 0 atom stereocenters. The molecule has 2 N–H and O–H groups in total. The topological polar surface area (TPSA) is 54.9 Å². The molecule has 2 aromatic carbocycles. The third-order valence-electron chi connectivity index (χ3n) is 3.29. The van der Waals surface area contributed by atoms with Crippen LogP contribution in [-0.2, 0) is 6.61 Å². The van der Waals surface area contributed by atoms with Crippen LogP contribution in [-0.4, -0.2) is 24.5 Å². The van der Waals surface area contributed by atoms with E-state index in [4.69, 9.17) is 33.3 Å². The fourth-order valence-electron chi connectivity index (χ4n) is 2.09. The van der Waals surface area contributed by atoms with Crippen molar-refractivity contribution >= 4 is 35.1 Å². The van der Waals surface area contributed by atoms with Gasteiger partial charge in [0, 0.05) is 11.1 Å². The average molecular weight is 392 g/mol. The SMILES string of the molecule is COc1cc(C=NNC(=S)NC(C)C)ccc1OCc1ccc(Cl)cc1. The highest BCUT2D eigenvalue weighted by Gasteiger charge is 2.06. The van der Waals surface area contributed by atoms with Gasteiger partial charge in [-0.25, -0.2) is 0 Å². The van der Waals surface area contributed by atoms with Crippen molar-refractivity contribution in [3.63, 3.8) is 0 Å².